The van der Waals surface area contributed by atoms with Gasteiger partial charge in [0.1, 0.15) is 23.1 Å². The van der Waals surface area contributed by atoms with Gasteiger partial charge in [-0.1, -0.05) is 0 Å². The van der Waals surface area contributed by atoms with Gasteiger partial charge in [-0.3, -0.25) is 0 Å². The predicted octanol–water partition coefficient (Wildman–Crippen LogP) is 3.74. The minimum absolute atomic E-state index is 0.0829. The summed E-state index contributed by atoms with van der Waals surface area (Å²) in [6.45, 7) is 0. The fourth-order valence-electron chi connectivity index (χ4n) is 2.24. The summed E-state index contributed by atoms with van der Waals surface area (Å²) in [5.74, 6) is -2.56. The Bertz CT molecular complexity index is 905. The minimum Gasteiger partial charge on any atom is -0.464 e. The van der Waals surface area contributed by atoms with E-state index in [1.165, 1.54) is 37.4 Å². The van der Waals surface area contributed by atoms with Gasteiger partial charge in [0.15, 0.2) is 5.69 Å². The van der Waals surface area contributed by atoms with E-state index >= 15 is 0 Å². The van der Waals surface area contributed by atoms with Crippen LogP contribution in [0.25, 0.3) is 16.9 Å². The van der Waals surface area contributed by atoms with Gasteiger partial charge >= 0.3 is 5.97 Å². The van der Waals surface area contributed by atoms with Crippen molar-refractivity contribution >= 4 is 5.97 Å². The molecule has 0 N–H and O–H groups in total. The number of halogens is 3. The second kappa shape index (κ2) is 6.19. The molecule has 1 heterocycles. The number of esters is 1. The topological polar surface area (TPSA) is 44.1 Å². The van der Waals surface area contributed by atoms with Crippen molar-refractivity contribution in [2.45, 2.75) is 0 Å². The van der Waals surface area contributed by atoms with Crippen LogP contribution >= 0.6 is 0 Å². The number of carbonyl (C=O) groups excluding carboxylic acids is 1. The first-order valence-corrected chi connectivity index (χ1v) is 6.89. The van der Waals surface area contributed by atoms with Crippen LogP contribution in [0.15, 0.2) is 48.5 Å². The van der Waals surface area contributed by atoms with E-state index in [4.69, 9.17) is 0 Å². The highest BCUT2D eigenvalue weighted by molar-refractivity contribution is 5.89. The van der Waals surface area contributed by atoms with Gasteiger partial charge in [0.05, 0.1) is 12.8 Å². The Balaban J connectivity index is 2.23. The molecule has 7 heteroatoms. The zero-order valence-electron chi connectivity index (χ0n) is 12.5. The van der Waals surface area contributed by atoms with E-state index in [2.05, 4.69) is 9.84 Å². The van der Waals surface area contributed by atoms with Crippen LogP contribution in [0.3, 0.4) is 0 Å². The maximum atomic E-state index is 14.1. The summed E-state index contributed by atoms with van der Waals surface area (Å²) in [5.41, 5.74) is 0.507. The first-order valence-electron chi connectivity index (χ1n) is 6.89. The highest BCUT2D eigenvalue weighted by Gasteiger charge is 2.19. The molecule has 2 aromatic carbocycles. The predicted molar refractivity (Wildman–Crippen MR) is 80.2 cm³/mol. The van der Waals surface area contributed by atoms with E-state index in [1.54, 1.807) is 0 Å². The summed E-state index contributed by atoms with van der Waals surface area (Å²) in [5, 5.41) is 3.99. The molecule has 4 nitrogen and oxygen atoms in total. The number of hydrogen-bond acceptors (Lipinski definition) is 3. The summed E-state index contributed by atoms with van der Waals surface area (Å²) < 4.78 is 46.4. The first-order chi connectivity index (χ1) is 11.5. The largest absolute Gasteiger partial charge is 0.464 e. The number of ether oxygens (including phenoxy) is 1. The van der Waals surface area contributed by atoms with Gasteiger partial charge in [-0.15, -0.1) is 0 Å². The Kier molecular flexibility index (Phi) is 4.07. The summed E-state index contributed by atoms with van der Waals surface area (Å²) in [7, 11) is 1.18. The highest BCUT2D eigenvalue weighted by Crippen LogP contribution is 2.26. The molecule has 0 radical (unpaired) electrons. The van der Waals surface area contributed by atoms with Crippen molar-refractivity contribution in [2.24, 2.45) is 0 Å². The lowest BCUT2D eigenvalue weighted by atomic mass is 10.1. The normalized spacial score (nSPS) is 10.7. The lowest BCUT2D eigenvalue weighted by molar-refractivity contribution is 0.0593. The first kappa shape index (κ1) is 15.8. The molecule has 0 fully saturated rings. The second-order valence-corrected chi connectivity index (χ2v) is 4.92. The summed E-state index contributed by atoms with van der Waals surface area (Å²) in [6.07, 6.45) is 0. The molecular weight excluding hydrogens is 321 g/mol. The zero-order chi connectivity index (χ0) is 17.3. The van der Waals surface area contributed by atoms with Crippen molar-refractivity contribution in [3.05, 3.63) is 71.7 Å². The van der Waals surface area contributed by atoms with Crippen LogP contribution in [-0.4, -0.2) is 22.9 Å². The van der Waals surface area contributed by atoms with Crippen molar-refractivity contribution in [1.82, 2.24) is 9.78 Å². The minimum atomic E-state index is -0.728. The monoisotopic (exact) mass is 332 g/mol. The van der Waals surface area contributed by atoms with Crippen LogP contribution < -0.4 is 0 Å². The molecule has 0 saturated carbocycles. The second-order valence-electron chi connectivity index (χ2n) is 4.92. The van der Waals surface area contributed by atoms with Gasteiger partial charge in [-0.2, -0.15) is 5.10 Å². The molecule has 0 aliphatic rings. The molecule has 0 saturated heterocycles. The van der Waals surface area contributed by atoms with Crippen LogP contribution in [-0.2, 0) is 4.74 Å². The van der Waals surface area contributed by atoms with E-state index in [-0.39, 0.29) is 11.4 Å². The molecule has 122 valence electrons. The van der Waals surface area contributed by atoms with E-state index in [9.17, 15) is 18.0 Å². The van der Waals surface area contributed by atoms with Crippen molar-refractivity contribution in [1.29, 1.82) is 0 Å². The maximum absolute atomic E-state index is 14.1. The van der Waals surface area contributed by atoms with Crippen LogP contribution in [0.4, 0.5) is 13.2 Å². The fourth-order valence-corrected chi connectivity index (χ4v) is 2.24. The van der Waals surface area contributed by atoms with Gasteiger partial charge < -0.3 is 4.74 Å². The van der Waals surface area contributed by atoms with Crippen LogP contribution in [0, 0.1) is 17.5 Å². The molecular formula is C17H11F3N2O2. The molecule has 3 aromatic rings. The number of benzene rings is 2. The molecule has 0 bridgehead atoms. The van der Waals surface area contributed by atoms with Gasteiger partial charge in [0.2, 0.25) is 0 Å². The Labute approximate surface area is 135 Å². The molecule has 0 unspecified atom stereocenters. The van der Waals surface area contributed by atoms with Gasteiger partial charge in [-0.05, 0) is 42.5 Å². The summed E-state index contributed by atoms with van der Waals surface area (Å²) in [4.78, 5) is 11.7. The third kappa shape index (κ3) is 2.88. The number of rotatable bonds is 3. The van der Waals surface area contributed by atoms with Gasteiger partial charge in [0.25, 0.3) is 0 Å². The molecule has 0 aliphatic heterocycles. The third-order valence-electron chi connectivity index (χ3n) is 3.38. The number of methoxy groups -OCH3 is 1. The van der Waals surface area contributed by atoms with Crippen molar-refractivity contribution in [3.63, 3.8) is 0 Å². The SMILES string of the molecule is COC(=O)c1cc(-c2ccc(F)cc2)n(-c2cc(F)ccc2F)n1. The zero-order valence-corrected chi connectivity index (χ0v) is 12.5. The third-order valence-corrected chi connectivity index (χ3v) is 3.38. The van der Waals surface area contributed by atoms with Crippen molar-refractivity contribution in [2.75, 3.05) is 7.11 Å². The Morgan fingerprint density at radius 3 is 2.33 bits per heavy atom. The highest BCUT2D eigenvalue weighted by atomic mass is 19.1. The van der Waals surface area contributed by atoms with E-state index in [1.807, 2.05) is 0 Å². The fraction of sp³-hybridized carbons (Fsp3) is 0.0588. The maximum Gasteiger partial charge on any atom is 0.358 e. The molecule has 0 amide bonds. The molecule has 0 atom stereocenters. The summed E-state index contributed by atoms with van der Waals surface area (Å²) >= 11 is 0. The van der Waals surface area contributed by atoms with Crippen molar-refractivity contribution in [3.8, 4) is 16.9 Å². The summed E-state index contributed by atoms with van der Waals surface area (Å²) in [6, 6.07) is 9.57. The quantitative estimate of drug-likeness (QED) is 0.686. The number of nitrogens with zero attached hydrogens (tertiary/aromatic N) is 2. The smallest absolute Gasteiger partial charge is 0.358 e. The number of carbonyl (C=O) groups is 1. The van der Waals surface area contributed by atoms with E-state index in [0.29, 0.717) is 11.3 Å². The van der Waals surface area contributed by atoms with E-state index in [0.717, 1.165) is 22.9 Å². The molecule has 1 aromatic heterocycles. The van der Waals surface area contributed by atoms with Crippen molar-refractivity contribution < 1.29 is 22.7 Å². The van der Waals surface area contributed by atoms with Crippen LogP contribution in [0.2, 0.25) is 0 Å². The van der Waals surface area contributed by atoms with Crippen LogP contribution in [0.5, 0.6) is 0 Å². The average molecular weight is 332 g/mol. The number of aromatic nitrogens is 2. The van der Waals surface area contributed by atoms with Gasteiger partial charge in [0, 0.05) is 11.6 Å². The Morgan fingerprint density at radius 1 is 1.00 bits per heavy atom. The lowest BCUT2D eigenvalue weighted by Gasteiger charge is -2.09. The molecule has 0 aliphatic carbocycles. The average Bonchev–Trinajstić information content (AvgIpc) is 3.02. The Hall–Kier alpha value is -3.09. The molecule has 3 rings (SSSR count). The lowest BCUT2D eigenvalue weighted by Crippen LogP contribution is -2.06. The Morgan fingerprint density at radius 2 is 1.67 bits per heavy atom. The molecule has 0 spiro atoms. The van der Waals surface area contributed by atoms with Crippen LogP contribution in [0.1, 0.15) is 10.5 Å². The number of hydrogen-bond donors (Lipinski definition) is 0. The molecule has 24 heavy (non-hydrogen) atoms. The van der Waals surface area contributed by atoms with Gasteiger partial charge in [-0.25, -0.2) is 22.6 Å². The standard InChI is InChI=1S/C17H11F3N2O2/c1-24-17(23)14-9-15(10-2-4-11(18)5-3-10)22(21-14)16-8-12(19)6-7-13(16)20/h2-9H,1H3. The van der Waals surface area contributed by atoms with E-state index < -0.39 is 23.4 Å².